The topological polar surface area (TPSA) is 60.2 Å². The van der Waals surface area contributed by atoms with Gasteiger partial charge in [0, 0.05) is 6.07 Å². The summed E-state index contributed by atoms with van der Waals surface area (Å²) in [6.45, 7) is 4.18. The predicted octanol–water partition coefficient (Wildman–Crippen LogP) is 4.35. The van der Waals surface area contributed by atoms with Gasteiger partial charge in [-0.3, -0.25) is 0 Å². The summed E-state index contributed by atoms with van der Waals surface area (Å²) in [7, 11) is 0. The van der Waals surface area contributed by atoms with E-state index in [1.807, 2.05) is 48.5 Å². The second-order valence-corrected chi connectivity index (χ2v) is 5.87. The van der Waals surface area contributed by atoms with Gasteiger partial charge in [-0.2, -0.15) is 0 Å². The Morgan fingerprint density at radius 3 is 2.42 bits per heavy atom. The number of aromatic nitrogens is 3. The number of aromatic hydroxyl groups is 1. The molecule has 1 N–H and O–H groups in total. The molecule has 0 amide bonds. The van der Waals surface area contributed by atoms with Crippen LogP contribution >= 0.6 is 0 Å². The minimum Gasteiger partial charge on any atom is -0.505 e. The van der Waals surface area contributed by atoms with E-state index < -0.39 is 0 Å². The van der Waals surface area contributed by atoms with E-state index >= 15 is 0 Å². The summed E-state index contributed by atoms with van der Waals surface area (Å²) in [5, 5.41) is 19.1. The third kappa shape index (κ3) is 3.15. The fraction of sp³-hybridized carbons (Fsp3) is 0.0476. The normalized spacial score (nSPS) is 10.8. The van der Waals surface area contributed by atoms with Gasteiger partial charge in [-0.05, 0) is 41.5 Å². The number of ether oxygens (including phenoxy) is 1. The van der Waals surface area contributed by atoms with Crippen molar-refractivity contribution < 1.29 is 9.84 Å². The van der Waals surface area contributed by atoms with Crippen LogP contribution in [0.4, 0.5) is 0 Å². The van der Waals surface area contributed by atoms with E-state index in [1.54, 1.807) is 24.3 Å². The van der Waals surface area contributed by atoms with Crippen LogP contribution in [0.3, 0.4) is 0 Å². The lowest BCUT2D eigenvalue weighted by Gasteiger charge is -2.09. The first-order chi connectivity index (χ1) is 12.7. The fourth-order valence-corrected chi connectivity index (χ4v) is 2.71. The van der Waals surface area contributed by atoms with Crippen LogP contribution in [-0.2, 0) is 6.61 Å². The Morgan fingerprint density at radius 2 is 1.73 bits per heavy atom. The van der Waals surface area contributed by atoms with Crippen molar-refractivity contribution in [3.8, 4) is 17.2 Å². The van der Waals surface area contributed by atoms with Crippen LogP contribution in [0.2, 0.25) is 0 Å². The zero-order chi connectivity index (χ0) is 17.9. The molecule has 3 aromatic carbocycles. The van der Waals surface area contributed by atoms with E-state index in [1.165, 1.54) is 4.80 Å². The summed E-state index contributed by atoms with van der Waals surface area (Å²) in [5.41, 5.74) is 4.12. The van der Waals surface area contributed by atoms with E-state index in [-0.39, 0.29) is 5.75 Å². The zero-order valence-corrected chi connectivity index (χ0v) is 14.0. The summed E-state index contributed by atoms with van der Waals surface area (Å²) in [5.74, 6) is 0.634. The Hall–Kier alpha value is -3.60. The van der Waals surface area contributed by atoms with E-state index in [0.717, 1.165) is 22.2 Å². The van der Waals surface area contributed by atoms with Gasteiger partial charge in [0.1, 0.15) is 34.8 Å². The molecule has 4 aromatic rings. The molecular formula is C21H17N3O2. The number of phenolic OH excluding ortho intramolecular Hbond substituents is 1. The molecule has 128 valence electrons. The number of benzene rings is 3. The second kappa shape index (κ2) is 6.72. The van der Waals surface area contributed by atoms with Crippen molar-refractivity contribution in [2.45, 2.75) is 6.61 Å². The van der Waals surface area contributed by atoms with E-state index in [9.17, 15) is 5.11 Å². The summed E-state index contributed by atoms with van der Waals surface area (Å²) >= 11 is 0. The van der Waals surface area contributed by atoms with Crippen molar-refractivity contribution >= 4 is 17.1 Å². The van der Waals surface area contributed by atoms with E-state index in [2.05, 4.69) is 16.8 Å². The Bertz CT molecular complexity index is 1050. The van der Waals surface area contributed by atoms with Crippen LogP contribution in [0.1, 0.15) is 11.1 Å². The van der Waals surface area contributed by atoms with Gasteiger partial charge in [0.05, 0.1) is 0 Å². The summed E-state index contributed by atoms with van der Waals surface area (Å²) in [6.07, 6.45) is 1.80. The van der Waals surface area contributed by atoms with Crippen LogP contribution < -0.4 is 4.74 Å². The standard InChI is InChI=1S/C21H17N3O2/c1-2-15-6-5-7-16(12-15)14-26-17-10-11-20(21(25)13-17)24-22-18-8-3-4-9-19(18)23-24/h2-13,25H,1,14H2. The Kier molecular flexibility index (Phi) is 4.11. The van der Waals surface area contributed by atoms with Crippen LogP contribution in [0.25, 0.3) is 22.8 Å². The lowest BCUT2D eigenvalue weighted by molar-refractivity contribution is 0.304. The van der Waals surface area contributed by atoms with E-state index in [4.69, 9.17) is 4.74 Å². The highest BCUT2D eigenvalue weighted by atomic mass is 16.5. The van der Waals surface area contributed by atoms with E-state index in [0.29, 0.717) is 18.0 Å². The number of hydrogen-bond donors (Lipinski definition) is 1. The Balaban J connectivity index is 1.54. The molecule has 5 heteroatoms. The maximum Gasteiger partial charge on any atom is 0.146 e. The minimum absolute atomic E-state index is 0.0580. The van der Waals surface area contributed by atoms with Gasteiger partial charge < -0.3 is 9.84 Å². The predicted molar refractivity (Wildman–Crippen MR) is 101 cm³/mol. The lowest BCUT2D eigenvalue weighted by atomic mass is 10.1. The average molecular weight is 343 g/mol. The van der Waals surface area contributed by atoms with Gasteiger partial charge >= 0.3 is 0 Å². The molecule has 0 atom stereocenters. The van der Waals surface area contributed by atoms with Gasteiger partial charge in [0.25, 0.3) is 0 Å². The number of fused-ring (bicyclic) bond motifs is 1. The van der Waals surface area contributed by atoms with Crippen molar-refractivity contribution in [1.82, 2.24) is 15.0 Å². The first-order valence-corrected chi connectivity index (χ1v) is 8.22. The molecule has 5 nitrogen and oxygen atoms in total. The van der Waals surface area contributed by atoms with Crippen LogP contribution in [-0.4, -0.2) is 20.1 Å². The van der Waals surface area contributed by atoms with Gasteiger partial charge in [-0.15, -0.1) is 15.0 Å². The molecule has 0 bridgehead atoms. The molecule has 0 aliphatic carbocycles. The molecule has 0 unspecified atom stereocenters. The van der Waals surface area contributed by atoms with Gasteiger partial charge in [-0.1, -0.05) is 43.0 Å². The minimum atomic E-state index is 0.0580. The largest absolute Gasteiger partial charge is 0.505 e. The number of phenols is 1. The van der Waals surface area contributed by atoms with Crippen molar-refractivity contribution in [2.24, 2.45) is 0 Å². The molecule has 0 radical (unpaired) electrons. The first-order valence-electron chi connectivity index (χ1n) is 8.22. The van der Waals surface area contributed by atoms with Gasteiger partial charge in [-0.25, -0.2) is 0 Å². The molecule has 0 saturated heterocycles. The van der Waals surface area contributed by atoms with Crippen molar-refractivity contribution in [3.05, 3.63) is 84.4 Å². The smallest absolute Gasteiger partial charge is 0.146 e. The highest BCUT2D eigenvalue weighted by Crippen LogP contribution is 2.27. The van der Waals surface area contributed by atoms with Crippen LogP contribution in [0.15, 0.2) is 73.3 Å². The molecule has 26 heavy (non-hydrogen) atoms. The van der Waals surface area contributed by atoms with Gasteiger partial charge in [0.15, 0.2) is 0 Å². The van der Waals surface area contributed by atoms with Gasteiger partial charge in [0.2, 0.25) is 0 Å². The second-order valence-electron chi connectivity index (χ2n) is 5.87. The number of nitrogens with zero attached hydrogens (tertiary/aromatic N) is 3. The number of hydrogen-bond acceptors (Lipinski definition) is 4. The molecule has 0 aliphatic heterocycles. The highest BCUT2D eigenvalue weighted by molar-refractivity contribution is 5.73. The summed E-state index contributed by atoms with van der Waals surface area (Å²) < 4.78 is 5.78. The fourth-order valence-electron chi connectivity index (χ4n) is 2.71. The SMILES string of the molecule is C=Cc1cccc(COc2ccc(-n3nc4ccccc4n3)c(O)c2)c1. The maximum atomic E-state index is 10.4. The quantitative estimate of drug-likeness (QED) is 0.585. The van der Waals surface area contributed by atoms with Crippen LogP contribution in [0, 0.1) is 0 Å². The monoisotopic (exact) mass is 343 g/mol. The third-order valence-electron chi connectivity index (χ3n) is 4.04. The highest BCUT2D eigenvalue weighted by Gasteiger charge is 2.10. The Labute approximate surface area is 150 Å². The molecule has 1 heterocycles. The van der Waals surface area contributed by atoms with Crippen molar-refractivity contribution in [3.63, 3.8) is 0 Å². The average Bonchev–Trinajstić information content (AvgIpc) is 3.10. The molecule has 0 fully saturated rings. The molecule has 4 rings (SSSR count). The lowest BCUT2D eigenvalue weighted by Crippen LogP contribution is -2.00. The molecule has 0 spiro atoms. The first kappa shape index (κ1) is 15.9. The van der Waals surface area contributed by atoms with Crippen molar-refractivity contribution in [1.29, 1.82) is 0 Å². The Morgan fingerprint density at radius 1 is 0.962 bits per heavy atom. The summed E-state index contributed by atoms with van der Waals surface area (Å²) in [4.78, 5) is 1.43. The van der Waals surface area contributed by atoms with Crippen molar-refractivity contribution in [2.75, 3.05) is 0 Å². The zero-order valence-electron chi connectivity index (χ0n) is 14.0. The van der Waals surface area contributed by atoms with Crippen LogP contribution in [0.5, 0.6) is 11.5 Å². The molecular weight excluding hydrogens is 326 g/mol. The number of rotatable bonds is 5. The maximum absolute atomic E-state index is 10.4. The molecule has 0 saturated carbocycles. The molecule has 0 aliphatic rings. The molecule has 1 aromatic heterocycles. The summed E-state index contributed by atoms with van der Waals surface area (Å²) in [6, 6.07) is 20.6. The third-order valence-corrected chi connectivity index (χ3v) is 4.04.